The van der Waals surface area contributed by atoms with Crippen LogP contribution < -0.4 is 10.1 Å². The minimum absolute atomic E-state index is 0.0714. The van der Waals surface area contributed by atoms with Gasteiger partial charge in [-0.1, -0.05) is 47.5 Å². The van der Waals surface area contributed by atoms with E-state index in [0.717, 1.165) is 0 Å². The molecule has 0 bridgehead atoms. The minimum Gasteiger partial charge on any atom is -0.484 e. The number of para-hydroxylation sites is 1. The molecule has 2 rings (SSSR count). The normalized spacial score (nSPS) is 11.5. The van der Waals surface area contributed by atoms with E-state index in [2.05, 4.69) is 5.32 Å². The lowest BCUT2D eigenvalue weighted by Crippen LogP contribution is -2.41. The number of carbonyl (C=O) groups excluding carboxylic acids is 2. The molecule has 0 aliphatic carbocycles. The van der Waals surface area contributed by atoms with Crippen molar-refractivity contribution in [2.24, 2.45) is 0 Å². The number of ether oxygens (including phenoxy) is 2. The maximum absolute atomic E-state index is 12.0. The van der Waals surface area contributed by atoms with Gasteiger partial charge in [0.15, 0.2) is 6.61 Å². The number of hydrogen-bond donors (Lipinski definition) is 1. The zero-order valence-corrected chi connectivity index (χ0v) is 15.0. The Balaban J connectivity index is 1.78. The van der Waals surface area contributed by atoms with E-state index in [1.807, 2.05) is 6.07 Å². The fourth-order valence-electron chi connectivity index (χ4n) is 1.95. The van der Waals surface area contributed by atoms with Crippen molar-refractivity contribution in [1.29, 1.82) is 0 Å². The van der Waals surface area contributed by atoms with Gasteiger partial charge in [-0.25, -0.2) is 4.79 Å². The molecule has 25 heavy (non-hydrogen) atoms. The molecule has 1 N–H and O–H groups in total. The lowest BCUT2D eigenvalue weighted by Gasteiger charge is -2.14. The summed E-state index contributed by atoms with van der Waals surface area (Å²) in [7, 11) is 0. The van der Waals surface area contributed by atoms with Crippen molar-refractivity contribution in [3.63, 3.8) is 0 Å². The molecule has 0 radical (unpaired) electrons. The Bertz CT molecular complexity index is 717. The summed E-state index contributed by atoms with van der Waals surface area (Å²) in [6.07, 6.45) is 0. The molecule has 0 saturated carbocycles. The SMILES string of the molecule is C[C@H](NC(=O)COc1ccccc1)C(=O)OCc1c(Cl)cccc1Cl. The highest BCUT2D eigenvalue weighted by Gasteiger charge is 2.18. The van der Waals surface area contributed by atoms with Crippen LogP contribution in [-0.4, -0.2) is 24.5 Å². The van der Waals surface area contributed by atoms with Crippen LogP contribution in [0.4, 0.5) is 0 Å². The van der Waals surface area contributed by atoms with E-state index in [0.29, 0.717) is 21.4 Å². The van der Waals surface area contributed by atoms with Crippen LogP contribution in [0, 0.1) is 0 Å². The van der Waals surface area contributed by atoms with Gasteiger partial charge in [-0.05, 0) is 31.2 Å². The lowest BCUT2D eigenvalue weighted by molar-refractivity contribution is -0.148. The first-order chi connectivity index (χ1) is 12.0. The van der Waals surface area contributed by atoms with Gasteiger partial charge in [0, 0.05) is 15.6 Å². The molecule has 2 aromatic carbocycles. The van der Waals surface area contributed by atoms with Crippen LogP contribution in [0.3, 0.4) is 0 Å². The highest BCUT2D eigenvalue weighted by atomic mass is 35.5. The van der Waals surface area contributed by atoms with E-state index >= 15 is 0 Å². The summed E-state index contributed by atoms with van der Waals surface area (Å²) in [5.74, 6) is -0.450. The monoisotopic (exact) mass is 381 g/mol. The molecule has 2 aromatic rings. The van der Waals surface area contributed by atoms with Crippen molar-refractivity contribution >= 4 is 35.1 Å². The maximum Gasteiger partial charge on any atom is 0.328 e. The van der Waals surface area contributed by atoms with Crippen LogP contribution in [0.2, 0.25) is 10.0 Å². The third-order valence-corrected chi connectivity index (χ3v) is 3.97. The molecule has 0 saturated heterocycles. The third-order valence-electron chi connectivity index (χ3n) is 3.26. The largest absolute Gasteiger partial charge is 0.484 e. The van der Waals surface area contributed by atoms with Crippen molar-refractivity contribution < 1.29 is 19.1 Å². The van der Waals surface area contributed by atoms with Crippen LogP contribution in [0.15, 0.2) is 48.5 Å². The molecule has 5 nitrogen and oxygen atoms in total. The van der Waals surface area contributed by atoms with E-state index in [4.69, 9.17) is 32.7 Å². The summed E-state index contributed by atoms with van der Waals surface area (Å²) in [6, 6.07) is 13.1. The first kappa shape index (κ1) is 19.1. The van der Waals surface area contributed by atoms with Crippen LogP contribution in [0.5, 0.6) is 5.75 Å². The van der Waals surface area contributed by atoms with Gasteiger partial charge in [0.1, 0.15) is 18.4 Å². The zero-order valence-electron chi connectivity index (χ0n) is 13.5. The van der Waals surface area contributed by atoms with Gasteiger partial charge in [0.05, 0.1) is 0 Å². The van der Waals surface area contributed by atoms with E-state index < -0.39 is 17.9 Å². The van der Waals surface area contributed by atoms with E-state index in [-0.39, 0.29) is 13.2 Å². The predicted octanol–water partition coefficient (Wildman–Crippen LogP) is 3.62. The number of halogens is 2. The van der Waals surface area contributed by atoms with E-state index in [9.17, 15) is 9.59 Å². The number of rotatable bonds is 7. The molecule has 1 amide bonds. The smallest absolute Gasteiger partial charge is 0.328 e. The first-order valence-corrected chi connectivity index (χ1v) is 8.29. The third kappa shape index (κ3) is 5.96. The van der Waals surface area contributed by atoms with Crippen LogP contribution >= 0.6 is 23.2 Å². The second kappa shape index (κ2) is 9.30. The zero-order chi connectivity index (χ0) is 18.2. The number of esters is 1. The summed E-state index contributed by atoms with van der Waals surface area (Å²) in [5, 5.41) is 3.33. The number of hydrogen-bond acceptors (Lipinski definition) is 4. The Hall–Kier alpha value is -2.24. The number of carbonyl (C=O) groups is 2. The number of nitrogens with one attached hydrogen (secondary N) is 1. The van der Waals surface area contributed by atoms with Crippen molar-refractivity contribution in [1.82, 2.24) is 5.32 Å². The fraction of sp³-hybridized carbons (Fsp3) is 0.222. The van der Waals surface area contributed by atoms with Crippen molar-refractivity contribution in [3.05, 3.63) is 64.1 Å². The molecule has 0 fully saturated rings. The molecular weight excluding hydrogens is 365 g/mol. The highest BCUT2D eigenvalue weighted by Crippen LogP contribution is 2.24. The second-order valence-electron chi connectivity index (χ2n) is 5.20. The molecular formula is C18H17Cl2NO4. The standard InChI is InChI=1S/C18H17Cl2NO4/c1-12(21-17(22)11-24-13-6-3-2-4-7-13)18(23)25-10-14-15(19)8-5-9-16(14)20/h2-9,12H,10-11H2,1H3,(H,21,22)/t12-/m0/s1. The molecule has 0 aromatic heterocycles. The molecule has 1 atom stereocenters. The number of benzene rings is 2. The fourth-order valence-corrected chi connectivity index (χ4v) is 2.45. The van der Waals surface area contributed by atoms with Crippen LogP contribution in [-0.2, 0) is 20.9 Å². The van der Waals surface area contributed by atoms with Gasteiger partial charge in [0.25, 0.3) is 5.91 Å². The van der Waals surface area contributed by atoms with Gasteiger partial charge < -0.3 is 14.8 Å². The van der Waals surface area contributed by atoms with Crippen molar-refractivity contribution in [3.8, 4) is 5.75 Å². The molecule has 0 spiro atoms. The highest BCUT2D eigenvalue weighted by molar-refractivity contribution is 6.35. The Labute approximate surface area is 155 Å². The van der Waals surface area contributed by atoms with E-state index in [1.165, 1.54) is 6.92 Å². The number of amides is 1. The molecule has 0 unspecified atom stereocenters. The summed E-state index contributed by atoms with van der Waals surface area (Å²) < 4.78 is 10.5. The molecule has 0 aliphatic heterocycles. The lowest BCUT2D eigenvalue weighted by atomic mass is 10.2. The Morgan fingerprint density at radius 1 is 1.04 bits per heavy atom. The molecule has 0 heterocycles. The summed E-state index contributed by atoms with van der Waals surface area (Å²) in [6.45, 7) is 1.26. The average Bonchev–Trinajstić information content (AvgIpc) is 2.60. The van der Waals surface area contributed by atoms with Gasteiger partial charge in [-0.15, -0.1) is 0 Å². The quantitative estimate of drug-likeness (QED) is 0.743. The van der Waals surface area contributed by atoms with Crippen LogP contribution in [0.1, 0.15) is 12.5 Å². The Morgan fingerprint density at radius 3 is 2.32 bits per heavy atom. The van der Waals surface area contributed by atoms with E-state index in [1.54, 1.807) is 42.5 Å². The van der Waals surface area contributed by atoms with Gasteiger partial charge in [-0.3, -0.25) is 4.79 Å². The van der Waals surface area contributed by atoms with Crippen LogP contribution in [0.25, 0.3) is 0 Å². The van der Waals surface area contributed by atoms with Crippen molar-refractivity contribution in [2.45, 2.75) is 19.6 Å². The Kier molecular flexibility index (Phi) is 7.10. The van der Waals surface area contributed by atoms with Gasteiger partial charge in [-0.2, -0.15) is 0 Å². The van der Waals surface area contributed by atoms with Gasteiger partial charge in [0.2, 0.25) is 0 Å². The average molecular weight is 382 g/mol. The Morgan fingerprint density at radius 2 is 1.68 bits per heavy atom. The minimum atomic E-state index is -0.826. The predicted molar refractivity (Wildman–Crippen MR) is 95.8 cm³/mol. The molecule has 7 heteroatoms. The first-order valence-electron chi connectivity index (χ1n) is 7.54. The summed E-state index contributed by atoms with van der Waals surface area (Å²) >= 11 is 12.0. The van der Waals surface area contributed by atoms with Crippen molar-refractivity contribution in [2.75, 3.05) is 6.61 Å². The molecule has 0 aliphatic rings. The molecule has 132 valence electrons. The second-order valence-corrected chi connectivity index (χ2v) is 6.01. The summed E-state index contributed by atoms with van der Waals surface area (Å²) in [4.78, 5) is 23.8. The summed E-state index contributed by atoms with van der Waals surface area (Å²) in [5.41, 5.74) is 0.519. The van der Waals surface area contributed by atoms with Gasteiger partial charge >= 0.3 is 5.97 Å². The topological polar surface area (TPSA) is 64.6 Å². The maximum atomic E-state index is 12.0.